The number of benzene rings is 2. The maximum Gasteiger partial charge on any atom is 0.416 e. The minimum atomic E-state index is -4.95. The molecule has 2 atom stereocenters. The van der Waals surface area contributed by atoms with Crippen LogP contribution in [0.25, 0.3) is 0 Å². The van der Waals surface area contributed by atoms with Crippen LogP contribution in [0.15, 0.2) is 42.5 Å². The Morgan fingerprint density at radius 2 is 1.54 bits per heavy atom. The molecular formula is C18H14F6N2OS. The number of hydrogen-bond acceptors (Lipinski definition) is 2. The van der Waals surface area contributed by atoms with Crippen LogP contribution >= 0.6 is 12.2 Å². The standard InChI is InChI=1S/C18H14F6N2OS/c19-17(20,21)10-6-11(18(22,23)24)8-12(7-10)25-16(28)26-15-13-4-2-1-3-9(13)5-14(15)27/h1-4,6-8,14-15,27H,5H2,(H2,25,26,28)/t14-,15-/m1/s1. The van der Waals surface area contributed by atoms with Crippen molar-refractivity contribution in [3.63, 3.8) is 0 Å². The second-order valence-electron chi connectivity index (χ2n) is 6.34. The summed E-state index contributed by atoms with van der Waals surface area (Å²) in [6.45, 7) is 0. The fraction of sp³-hybridized carbons (Fsp3) is 0.278. The third-order valence-corrected chi connectivity index (χ3v) is 4.56. The number of fused-ring (bicyclic) bond motifs is 1. The minimum Gasteiger partial charge on any atom is -0.390 e. The summed E-state index contributed by atoms with van der Waals surface area (Å²) in [5, 5.41) is 15.1. The van der Waals surface area contributed by atoms with E-state index in [4.69, 9.17) is 12.2 Å². The molecule has 1 aliphatic rings. The molecule has 10 heteroatoms. The van der Waals surface area contributed by atoms with Gasteiger partial charge in [0.15, 0.2) is 5.11 Å². The van der Waals surface area contributed by atoms with Crippen LogP contribution in [0.5, 0.6) is 0 Å². The molecule has 0 aromatic heterocycles. The van der Waals surface area contributed by atoms with Crippen molar-refractivity contribution in [1.29, 1.82) is 0 Å². The van der Waals surface area contributed by atoms with Crippen molar-refractivity contribution in [3.8, 4) is 0 Å². The molecule has 0 amide bonds. The topological polar surface area (TPSA) is 44.3 Å². The molecule has 3 rings (SSSR count). The Morgan fingerprint density at radius 3 is 2.11 bits per heavy atom. The fourth-order valence-electron chi connectivity index (χ4n) is 3.08. The molecule has 0 unspecified atom stereocenters. The zero-order chi connectivity index (χ0) is 20.7. The van der Waals surface area contributed by atoms with Crippen LogP contribution in [0.3, 0.4) is 0 Å². The van der Waals surface area contributed by atoms with E-state index in [2.05, 4.69) is 10.6 Å². The first kappa shape index (κ1) is 20.4. The van der Waals surface area contributed by atoms with Gasteiger partial charge in [-0.2, -0.15) is 26.3 Å². The maximum atomic E-state index is 12.9. The monoisotopic (exact) mass is 420 g/mol. The smallest absolute Gasteiger partial charge is 0.390 e. The van der Waals surface area contributed by atoms with Gasteiger partial charge in [0.05, 0.1) is 23.3 Å². The molecule has 0 saturated heterocycles. The van der Waals surface area contributed by atoms with E-state index in [1.165, 1.54) is 0 Å². The Morgan fingerprint density at radius 1 is 0.964 bits per heavy atom. The van der Waals surface area contributed by atoms with Crippen molar-refractivity contribution in [2.75, 3.05) is 5.32 Å². The number of halogens is 6. The van der Waals surface area contributed by atoms with Gasteiger partial charge in [-0.15, -0.1) is 0 Å². The lowest BCUT2D eigenvalue weighted by Gasteiger charge is -2.21. The van der Waals surface area contributed by atoms with Crippen molar-refractivity contribution in [3.05, 3.63) is 64.7 Å². The average molecular weight is 420 g/mol. The first-order valence-corrected chi connectivity index (χ1v) is 8.49. The molecule has 28 heavy (non-hydrogen) atoms. The van der Waals surface area contributed by atoms with Gasteiger partial charge in [0.1, 0.15) is 0 Å². The van der Waals surface area contributed by atoms with Crippen molar-refractivity contribution < 1.29 is 31.4 Å². The molecule has 0 heterocycles. The van der Waals surface area contributed by atoms with Crippen LogP contribution in [-0.2, 0) is 18.8 Å². The molecular weight excluding hydrogens is 406 g/mol. The number of hydrogen-bond donors (Lipinski definition) is 3. The summed E-state index contributed by atoms with van der Waals surface area (Å²) >= 11 is 5.03. The Hall–Kier alpha value is -2.33. The van der Waals surface area contributed by atoms with Gasteiger partial charge in [-0.1, -0.05) is 24.3 Å². The summed E-state index contributed by atoms with van der Waals surface area (Å²) in [6, 6.07) is 7.64. The number of rotatable bonds is 2. The van der Waals surface area contributed by atoms with E-state index < -0.39 is 41.3 Å². The van der Waals surface area contributed by atoms with Gasteiger partial charge < -0.3 is 15.7 Å². The second kappa shape index (κ2) is 7.25. The fourth-order valence-corrected chi connectivity index (χ4v) is 3.33. The highest BCUT2D eigenvalue weighted by Crippen LogP contribution is 2.37. The zero-order valence-corrected chi connectivity index (χ0v) is 14.8. The molecule has 0 spiro atoms. The summed E-state index contributed by atoms with van der Waals surface area (Å²) in [4.78, 5) is 0. The summed E-state index contributed by atoms with van der Waals surface area (Å²) in [5.74, 6) is 0. The summed E-state index contributed by atoms with van der Waals surface area (Å²) in [7, 11) is 0. The number of thiocarbonyl (C=S) groups is 1. The van der Waals surface area contributed by atoms with Gasteiger partial charge in [-0.05, 0) is 41.5 Å². The van der Waals surface area contributed by atoms with Gasteiger partial charge in [0.2, 0.25) is 0 Å². The first-order chi connectivity index (χ1) is 12.9. The quantitative estimate of drug-likeness (QED) is 0.488. The molecule has 2 aromatic rings. The first-order valence-electron chi connectivity index (χ1n) is 8.08. The van der Waals surface area contributed by atoms with Gasteiger partial charge in [0, 0.05) is 12.1 Å². The molecule has 0 aliphatic heterocycles. The predicted octanol–water partition coefficient (Wildman–Crippen LogP) is 4.67. The van der Waals surface area contributed by atoms with Crippen LogP contribution in [0, 0.1) is 0 Å². The maximum absolute atomic E-state index is 12.9. The lowest BCUT2D eigenvalue weighted by Crippen LogP contribution is -2.36. The molecule has 0 radical (unpaired) electrons. The van der Waals surface area contributed by atoms with Crippen LogP contribution < -0.4 is 10.6 Å². The number of aliphatic hydroxyl groups is 1. The van der Waals surface area contributed by atoms with Gasteiger partial charge >= 0.3 is 12.4 Å². The number of aliphatic hydroxyl groups excluding tert-OH is 1. The predicted molar refractivity (Wildman–Crippen MR) is 94.7 cm³/mol. The van der Waals surface area contributed by atoms with E-state index in [0.717, 1.165) is 11.1 Å². The summed E-state index contributed by atoms with van der Waals surface area (Å²) < 4.78 is 77.6. The van der Waals surface area contributed by atoms with E-state index in [9.17, 15) is 31.4 Å². The Balaban J connectivity index is 1.82. The molecule has 0 saturated carbocycles. The van der Waals surface area contributed by atoms with E-state index in [-0.39, 0.29) is 11.2 Å². The third kappa shape index (κ3) is 4.39. The number of anilines is 1. The molecule has 2 aromatic carbocycles. The normalized spacial score (nSPS) is 19.2. The van der Waals surface area contributed by atoms with E-state index in [1.807, 2.05) is 6.07 Å². The molecule has 0 fully saturated rings. The van der Waals surface area contributed by atoms with E-state index in [0.29, 0.717) is 18.6 Å². The Labute approximate surface area is 161 Å². The SMILES string of the molecule is O[C@@H]1Cc2ccccc2[C@H]1NC(=S)Nc1cc(C(F)(F)F)cc(C(F)(F)F)c1. The van der Waals surface area contributed by atoms with Crippen molar-refractivity contribution in [2.45, 2.75) is 30.9 Å². The van der Waals surface area contributed by atoms with Crippen LogP contribution in [-0.4, -0.2) is 16.3 Å². The van der Waals surface area contributed by atoms with Crippen molar-refractivity contribution >= 4 is 23.0 Å². The van der Waals surface area contributed by atoms with Crippen LogP contribution in [0.4, 0.5) is 32.0 Å². The van der Waals surface area contributed by atoms with Crippen molar-refractivity contribution in [2.24, 2.45) is 0 Å². The largest absolute Gasteiger partial charge is 0.416 e. The minimum absolute atomic E-state index is 0.0403. The highest BCUT2D eigenvalue weighted by atomic mass is 32.1. The van der Waals surface area contributed by atoms with E-state index in [1.54, 1.807) is 18.2 Å². The molecule has 3 nitrogen and oxygen atoms in total. The van der Waals surface area contributed by atoms with Gasteiger partial charge in [-0.3, -0.25) is 0 Å². The van der Waals surface area contributed by atoms with Crippen LogP contribution in [0.1, 0.15) is 28.3 Å². The zero-order valence-electron chi connectivity index (χ0n) is 14.0. The molecule has 1 aliphatic carbocycles. The molecule has 0 bridgehead atoms. The average Bonchev–Trinajstić information content (AvgIpc) is 2.88. The number of nitrogens with one attached hydrogen (secondary N) is 2. The lowest BCUT2D eigenvalue weighted by molar-refractivity contribution is -0.143. The highest BCUT2D eigenvalue weighted by molar-refractivity contribution is 7.80. The molecule has 150 valence electrons. The van der Waals surface area contributed by atoms with Gasteiger partial charge in [-0.25, -0.2) is 0 Å². The third-order valence-electron chi connectivity index (χ3n) is 4.34. The van der Waals surface area contributed by atoms with Gasteiger partial charge in [0.25, 0.3) is 0 Å². The Kier molecular flexibility index (Phi) is 5.28. The second-order valence-corrected chi connectivity index (χ2v) is 6.75. The number of alkyl halides is 6. The van der Waals surface area contributed by atoms with E-state index >= 15 is 0 Å². The summed E-state index contributed by atoms with van der Waals surface area (Å²) in [6.07, 6.45) is -10.4. The molecule has 3 N–H and O–H groups in total. The van der Waals surface area contributed by atoms with Crippen molar-refractivity contribution in [1.82, 2.24) is 5.32 Å². The Bertz CT molecular complexity index is 864. The lowest BCUT2D eigenvalue weighted by atomic mass is 10.1. The van der Waals surface area contributed by atoms with Crippen LogP contribution in [0.2, 0.25) is 0 Å². The summed E-state index contributed by atoms with van der Waals surface area (Å²) in [5.41, 5.74) is -1.70. The highest BCUT2D eigenvalue weighted by Gasteiger charge is 2.37.